The quantitative estimate of drug-likeness (QED) is 0.692. The summed E-state index contributed by atoms with van der Waals surface area (Å²) in [5, 5.41) is 12.9. The van der Waals surface area contributed by atoms with Crippen molar-refractivity contribution >= 4 is 11.3 Å². The van der Waals surface area contributed by atoms with Crippen LogP contribution in [0.15, 0.2) is 0 Å². The lowest BCUT2D eigenvalue weighted by Gasteiger charge is -1.99. The minimum absolute atomic E-state index is 0.690. The van der Waals surface area contributed by atoms with Gasteiger partial charge in [0.25, 0.3) is 5.19 Å². The van der Waals surface area contributed by atoms with Crippen molar-refractivity contribution in [2.45, 2.75) is 19.4 Å². The van der Waals surface area contributed by atoms with E-state index in [9.17, 15) is 0 Å². The zero-order valence-corrected chi connectivity index (χ0v) is 10.3. The molecule has 0 radical (unpaired) electrons. The normalized spacial score (nSPS) is 15.3. The van der Waals surface area contributed by atoms with Crippen LogP contribution in [-0.4, -0.2) is 37.1 Å². The van der Waals surface area contributed by atoms with Crippen molar-refractivity contribution in [1.82, 2.24) is 15.5 Å². The Balaban J connectivity index is 1.64. The highest BCUT2D eigenvalue weighted by Crippen LogP contribution is 2.30. The summed E-state index contributed by atoms with van der Waals surface area (Å²) in [6, 6.07) is 0. The summed E-state index contributed by atoms with van der Waals surface area (Å²) in [6.07, 6.45) is 2.59. The lowest BCUT2D eigenvalue weighted by Crippen LogP contribution is -2.18. The molecule has 0 saturated heterocycles. The molecule has 2 rings (SSSR count). The Morgan fingerprint density at radius 3 is 3.06 bits per heavy atom. The Morgan fingerprint density at radius 1 is 1.44 bits per heavy atom. The molecule has 90 valence electrons. The number of nitrogens with one attached hydrogen (secondary N) is 1. The highest BCUT2D eigenvalue weighted by molar-refractivity contribution is 7.13. The van der Waals surface area contributed by atoms with Gasteiger partial charge >= 0.3 is 0 Å². The molecular formula is C10H17N3O2S. The first kappa shape index (κ1) is 11.8. The third-order valence-corrected chi connectivity index (χ3v) is 3.18. The molecule has 1 aliphatic carbocycles. The highest BCUT2D eigenvalue weighted by atomic mass is 32.1. The third-order valence-electron chi connectivity index (χ3n) is 2.35. The van der Waals surface area contributed by atoms with Crippen molar-refractivity contribution in [3.05, 3.63) is 5.01 Å². The van der Waals surface area contributed by atoms with Crippen LogP contribution >= 0.6 is 11.3 Å². The van der Waals surface area contributed by atoms with Crippen molar-refractivity contribution in [2.24, 2.45) is 5.92 Å². The molecule has 0 atom stereocenters. The number of ether oxygens (including phenoxy) is 2. The maximum atomic E-state index is 5.53. The van der Waals surface area contributed by atoms with E-state index in [1.807, 2.05) is 0 Å². The van der Waals surface area contributed by atoms with Gasteiger partial charge < -0.3 is 14.8 Å². The zero-order valence-electron chi connectivity index (χ0n) is 9.44. The van der Waals surface area contributed by atoms with E-state index >= 15 is 0 Å². The number of hydrogen-bond acceptors (Lipinski definition) is 6. The standard InChI is InChI=1S/C10H17N3O2S/c1-14-5-4-11-6-9-12-13-10(16-9)15-7-8-2-3-8/h8,11H,2-7H2,1H3. The maximum absolute atomic E-state index is 5.53. The van der Waals surface area contributed by atoms with Crippen LogP contribution in [0.1, 0.15) is 17.8 Å². The van der Waals surface area contributed by atoms with Gasteiger partial charge in [-0.2, -0.15) is 0 Å². The van der Waals surface area contributed by atoms with E-state index in [0.717, 1.165) is 30.6 Å². The van der Waals surface area contributed by atoms with Crippen LogP contribution in [0.4, 0.5) is 0 Å². The number of nitrogens with zero attached hydrogens (tertiary/aromatic N) is 2. The van der Waals surface area contributed by atoms with Gasteiger partial charge in [0.15, 0.2) is 0 Å². The predicted octanol–water partition coefficient (Wildman–Crippen LogP) is 1.06. The first-order valence-corrected chi connectivity index (χ1v) is 6.35. The molecule has 0 bridgehead atoms. The molecule has 0 amide bonds. The van der Waals surface area contributed by atoms with Crippen molar-refractivity contribution in [3.63, 3.8) is 0 Å². The van der Waals surface area contributed by atoms with E-state index in [1.54, 1.807) is 7.11 Å². The van der Waals surface area contributed by atoms with Crippen LogP contribution in [0.3, 0.4) is 0 Å². The van der Waals surface area contributed by atoms with Crippen LogP contribution in [0.5, 0.6) is 5.19 Å². The number of rotatable bonds is 8. The highest BCUT2D eigenvalue weighted by Gasteiger charge is 2.22. The molecule has 1 saturated carbocycles. The van der Waals surface area contributed by atoms with Gasteiger partial charge in [0.1, 0.15) is 5.01 Å². The molecule has 1 aromatic rings. The van der Waals surface area contributed by atoms with E-state index in [4.69, 9.17) is 9.47 Å². The molecular weight excluding hydrogens is 226 g/mol. The van der Waals surface area contributed by atoms with Crippen molar-refractivity contribution in [3.8, 4) is 5.19 Å². The molecule has 16 heavy (non-hydrogen) atoms. The number of hydrogen-bond donors (Lipinski definition) is 1. The van der Waals surface area contributed by atoms with E-state index < -0.39 is 0 Å². The molecule has 0 spiro atoms. The summed E-state index contributed by atoms with van der Waals surface area (Å²) in [6.45, 7) is 3.07. The summed E-state index contributed by atoms with van der Waals surface area (Å²) in [5.74, 6) is 0.757. The Hall–Kier alpha value is -0.720. The predicted molar refractivity (Wildman–Crippen MR) is 61.7 cm³/mol. The molecule has 6 heteroatoms. The Kier molecular flexibility index (Phi) is 4.50. The van der Waals surface area contributed by atoms with Crippen LogP contribution in [0.2, 0.25) is 0 Å². The molecule has 1 aromatic heterocycles. The lowest BCUT2D eigenvalue weighted by atomic mass is 10.5. The average Bonchev–Trinajstić information content (AvgIpc) is 3.02. The summed E-state index contributed by atoms with van der Waals surface area (Å²) < 4.78 is 10.5. The second-order valence-electron chi connectivity index (χ2n) is 3.89. The first-order chi connectivity index (χ1) is 7.88. The molecule has 1 heterocycles. The van der Waals surface area contributed by atoms with E-state index in [0.29, 0.717) is 11.8 Å². The maximum Gasteiger partial charge on any atom is 0.294 e. The smallest absolute Gasteiger partial charge is 0.294 e. The molecule has 1 fully saturated rings. The first-order valence-electron chi connectivity index (χ1n) is 5.53. The van der Waals surface area contributed by atoms with Gasteiger partial charge in [0.2, 0.25) is 0 Å². The Bertz CT molecular complexity index is 315. The van der Waals surface area contributed by atoms with E-state index in [2.05, 4.69) is 15.5 Å². The summed E-state index contributed by atoms with van der Waals surface area (Å²) in [7, 11) is 1.69. The average molecular weight is 243 g/mol. The van der Waals surface area contributed by atoms with Gasteiger partial charge in [-0.15, -0.1) is 10.2 Å². The lowest BCUT2D eigenvalue weighted by molar-refractivity contribution is 0.199. The molecule has 0 aromatic carbocycles. The zero-order chi connectivity index (χ0) is 11.2. The van der Waals surface area contributed by atoms with Gasteiger partial charge in [-0.1, -0.05) is 11.3 Å². The number of methoxy groups -OCH3 is 1. The van der Waals surface area contributed by atoms with Crippen molar-refractivity contribution in [1.29, 1.82) is 0 Å². The van der Waals surface area contributed by atoms with Gasteiger partial charge in [0.05, 0.1) is 13.2 Å². The minimum atomic E-state index is 0.690. The number of aromatic nitrogens is 2. The van der Waals surface area contributed by atoms with Gasteiger partial charge in [0, 0.05) is 20.2 Å². The van der Waals surface area contributed by atoms with Crippen LogP contribution in [-0.2, 0) is 11.3 Å². The summed E-state index contributed by atoms with van der Waals surface area (Å²) >= 11 is 1.51. The SMILES string of the molecule is COCCNCc1nnc(OCC2CC2)s1. The minimum Gasteiger partial charge on any atom is -0.469 e. The Labute approximate surface area is 99.2 Å². The van der Waals surface area contributed by atoms with E-state index in [1.165, 1.54) is 24.2 Å². The molecule has 5 nitrogen and oxygen atoms in total. The second-order valence-corrected chi connectivity index (χ2v) is 4.91. The molecule has 1 N–H and O–H groups in total. The fourth-order valence-corrected chi connectivity index (χ4v) is 1.88. The second kappa shape index (κ2) is 6.12. The Morgan fingerprint density at radius 2 is 2.31 bits per heavy atom. The van der Waals surface area contributed by atoms with E-state index in [-0.39, 0.29) is 0 Å². The molecule has 1 aliphatic rings. The van der Waals surface area contributed by atoms with Crippen LogP contribution < -0.4 is 10.1 Å². The topological polar surface area (TPSA) is 56.3 Å². The van der Waals surface area contributed by atoms with Crippen LogP contribution in [0.25, 0.3) is 0 Å². The van der Waals surface area contributed by atoms with Gasteiger partial charge in [-0.05, 0) is 18.8 Å². The van der Waals surface area contributed by atoms with Crippen molar-refractivity contribution in [2.75, 3.05) is 26.9 Å². The molecule has 0 unspecified atom stereocenters. The van der Waals surface area contributed by atoms with Crippen LogP contribution in [0, 0.1) is 5.92 Å². The monoisotopic (exact) mass is 243 g/mol. The largest absolute Gasteiger partial charge is 0.469 e. The third kappa shape index (κ3) is 4.03. The fraction of sp³-hybridized carbons (Fsp3) is 0.800. The summed E-state index contributed by atoms with van der Waals surface area (Å²) in [4.78, 5) is 0. The van der Waals surface area contributed by atoms with Gasteiger partial charge in [-0.25, -0.2) is 0 Å². The summed E-state index contributed by atoms with van der Waals surface area (Å²) in [5.41, 5.74) is 0. The fourth-order valence-electron chi connectivity index (χ4n) is 1.21. The van der Waals surface area contributed by atoms with Gasteiger partial charge in [-0.3, -0.25) is 0 Å². The molecule has 0 aliphatic heterocycles. The van der Waals surface area contributed by atoms with Crippen molar-refractivity contribution < 1.29 is 9.47 Å².